The van der Waals surface area contributed by atoms with Crippen LogP contribution in [0.3, 0.4) is 0 Å². The van der Waals surface area contributed by atoms with E-state index in [2.05, 4.69) is 4.85 Å². The number of anilines is 1. The fourth-order valence-electron chi connectivity index (χ4n) is 1.75. The van der Waals surface area contributed by atoms with Crippen LogP contribution in [0.5, 0.6) is 5.75 Å². The quantitative estimate of drug-likeness (QED) is 0.586. The van der Waals surface area contributed by atoms with Crippen molar-refractivity contribution in [2.75, 3.05) is 11.4 Å². The fourth-order valence-corrected chi connectivity index (χ4v) is 1.75. The predicted molar refractivity (Wildman–Crippen MR) is 68.5 cm³/mol. The Balaban J connectivity index is 2.34. The monoisotopic (exact) mass is 237 g/mol. The Morgan fingerprint density at radius 3 is 3.00 bits per heavy atom. The zero-order valence-corrected chi connectivity index (χ0v) is 9.92. The van der Waals surface area contributed by atoms with E-state index in [-0.39, 0.29) is 5.70 Å². The molecule has 0 N–H and O–H groups in total. The van der Waals surface area contributed by atoms with Crippen LogP contribution in [0.4, 0.5) is 5.69 Å². The van der Waals surface area contributed by atoms with Crippen LogP contribution >= 0.6 is 0 Å². The van der Waals surface area contributed by atoms with Gasteiger partial charge in [-0.05, 0) is 31.2 Å². The second kappa shape index (κ2) is 5.07. The van der Waals surface area contributed by atoms with E-state index in [1.807, 2.05) is 42.2 Å². The van der Waals surface area contributed by atoms with Crippen LogP contribution in [0.2, 0.25) is 0 Å². The number of hydrogen-bond acceptors (Lipinski definition) is 3. The van der Waals surface area contributed by atoms with Gasteiger partial charge in [0, 0.05) is 6.54 Å². The highest BCUT2D eigenvalue weighted by Gasteiger charge is 2.23. The molecule has 0 aromatic heterocycles. The van der Waals surface area contributed by atoms with Crippen molar-refractivity contribution in [2.24, 2.45) is 0 Å². The number of rotatable bonds is 2. The molecule has 0 unspecified atom stereocenters. The topological polar surface area (TPSA) is 40.6 Å². The van der Waals surface area contributed by atoms with Crippen LogP contribution in [0.25, 0.3) is 4.85 Å². The lowest BCUT2D eigenvalue weighted by Crippen LogP contribution is -2.19. The van der Waals surface area contributed by atoms with E-state index < -0.39 is 0 Å². The molecule has 4 heteroatoms. The summed E-state index contributed by atoms with van der Waals surface area (Å²) in [6, 6.07) is 9.54. The molecule has 18 heavy (non-hydrogen) atoms. The summed E-state index contributed by atoms with van der Waals surface area (Å²) in [6.07, 6.45) is 3.12. The van der Waals surface area contributed by atoms with Gasteiger partial charge in [0.2, 0.25) is 0 Å². The maximum absolute atomic E-state index is 8.68. The summed E-state index contributed by atoms with van der Waals surface area (Å²) in [4.78, 5) is 5.09. The van der Waals surface area contributed by atoms with Crippen molar-refractivity contribution in [1.29, 1.82) is 5.26 Å². The zero-order chi connectivity index (χ0) is 13.0. The third-order valence-corrected chi connectivity index (χ3v) is 2.57. The molecule has 1 aromatic carbocycles. The molecule has 1 aromatic rings. The van der Waals surface area contributed by atoms with Crippen LogP contribution in [0.15, 0.2) is 48.0 Å². The molecule has 0 radical (unpaired) electrons. The SMILES string of the molecule is [C-]#[N+]/C(C#N)=C\C=C1\Oc2ccccc2N1CC. The maximum atomic E-state index is 8.68. The Kier molecular flexibility index (Phi) is 3.31. The summed E-state index contributed by atoms with van der Waals surface area (Å²) in [5.74, 6) is 1.43. The van der Waals surface area contributed by atoms with Gasteiger partial charge in [-0.3, -0.25) is 0 Å². The van der Waals surface area contributed by atoms with Crippen molar-refractivity contribution < 1.29 is 4.74 Å². The minimum absolute atomic E-state index is 0.0399. The highest BCUT2D eigenvalue weighted by molar-refractivity contribution is 5.66. The van der Waals surface area contributed by atoms with Gasteiger partial charge in [0.25, 0.3) is 5.70 Å². The number of ether oxygens (including phenoxy) is 1. The molecule has 1 aliphatic rings. The first-order valence-corrected chi connectivity index (χ1v) is 5.54. The molecular weight excluding hydrogens is 226 g/mol. The van der Waals surface area contributed by atoms with Gasteiger partial charge in [-0.15, -0.1) is 0 Å². The first-order chi connectivity index (χ1) is 8.80. The van der Waals surface area contributed by atoms with Crippen LogP contribution in [-0.4, -0.2) is 6.54 Å². The van der Waals surface area contributed by atoms with Gasteiger partial charge < -0.3 is 9.64 Å². The van der Waals surface area contributed by atoms with Crippen molar-refractivity contribution in [1.82, 2.24) is 0 Å². The molecule has 0 saturated heterocycles. The largest absolute Gasteiger partial charge is 0.439 e. The number of hydrogen-bond donors (Lipinski definition) is 0. The van der Waals surface area contributed by atoms with E-state index in [0.29, 0.717) is 5.88 Å². The van der Waals surface area contributed by atoms with Gasteiger partial charge in [-0.2, -0.15) is 0 Å². The summed E-state index contributed by atoms with van der Waals surface area (Å²) in [6.45, 7) is 9.59. The van der Waals surface area contributed by atoms with Gasteiger partial charge in [0.1, 0.15) is 0 Å². The minimum Gasteiger partial charge on any atom is -0.439 e. The van der Waals surface area contributed by atoms with Crippen LogP contribution in [0, 0.1) is 17.9 Å². The highest BCUT2D eigenvalue weighted by atomic mass is 16.5. The van der Waals surface area contributed by atoms with E-state index in [1.165, 1.54) is 6.08 Å². The van der Waals surface area contributed by atoms with Crippen LogP contribution < -0.4 is 9.64 Å². The Morgan fingerprint density at radius 2 is 2.33 bits per heavy atom. The smallest absolute Gasteiger partial charge is 0.262 e. The molecule has 0 bridgehead atoms. The molecule has 0 amide bonds. The van der Waals surface area contributed by atoms with Crippen molar-refractivity contribution in [3.63, 3.8) is 0 Å². The summed E-state index contributed by atoms with van der Waals surface area (Å²) in [7, 11) is 0. The number of para-hydroxylation sites is 2. The zero-order valence-electron chi connectivity index (χ0n) is 9.92. The van der Waals surface area contributed by atoms with Crippen molar-refractivity contribution >= 4 is 5.69 Å². The number of benzene rings is 1. The Bertz CT molecular complexity index is 586. The third kappa shape index (κ3) is 2.05. The molecule has 0 spiro atoms. The minimum atomic E-state index is 0.0399. The van der Waals surface area contributed by atoms with Crippen LogP contribution in [0.1, 0.15) is 6.92 Å². The van der Waals surface area contributed by atoms with Gasteiger partial charge in [0.15, 0.2) is 11.6 Å². The first kappa shape index (κ1) is 11.8. The second-order valence-electron chi connectivity index (χ2n) is 3.59. The molecule has 1 aliphatic heterocycles. The summed E-state index contributed by atoms with van der Waals surface area (Å²) >= 11 is 0. The van der Waals surface area contributed by atoms with E-state index in [4.69, 9.17) is 16.6 Å². The van der Waals surface area contributed by atoms with Crippen molar-refractivity contribution in [3.05, 3.63) is 59.4 Å². The summed E-state index contributed by atoms with van der Waals surface area (Å²) < 4.78 is 5.68. The maximum Gasteiger partial charge on any atom is 0.262 e. The average Bonchev–Trinajstić information content (AvgIpc) is 2.77. The Morgan fingerprint density at radius 1 is 1.56 bits per heavy atom. The van der Waals surface area contributed by atoms with Crippen molar-refractivity contribution in [2.45, 2.75) is 6.92 Å². The van der Waals surface area contributed by atoms with Crippen molar-refractivity contribution in [3.8, 4) is 11.8 Å². The van der Waals surface area contributed by atoms with E-state index in [1.54, 1.807) is 6.08 Å². The molecule has 0 aliphatic carbocycles. The van der Waals surface area contributed by atoms with Gasteiger partial charge >= 0.3 is 0 Å². The molecule has 0 saturated carbocycles. The Labute approximate surface area is 106 Å². The molecule has 2 rings (SSSR count). The third-order valence-electron chi connectivity index (χ3n) is 2.57. The standard InChI is InChI=1S/C14H11N3O/c1-3-17-12-6-4-5-7-13(12)18-14(17)9-8-11(10-15)16-2/h4-9H,3H2,1H3/b11-8-,14-9+. The van der Waals surface area contributed by atoms with Crippen LogP contribution in [-0.2, 0) is 0 Å². The lowest BCUT2D eigenvalue weighted by Gasteiger charge is -2.14. The normalized spacial score (nSPS) is 15.8. The first-order valence-electron chi connectivity index (χ1n) is 5.54. The van der Waals surface area contributed by atoms with E-state index >= 15 is 0 Å². The number of fused-ring (bicyclic) bond motifs is 1. The van der Waals surface area contributed by atoms with Gasteiger partial charge in [0.05, 0.1) is 18.3 Å². The molecule has 0 atom stereocenters. The average molecular weight is 237 g/mol. The van der Waals surface area contributed by atoms with Gasteiger partial charge in [-0.1, -0.05) is 12.1 Å². The number of nitrogens with zero attached hydrogens (tertiary/aromatic N) is 3. The summed E-state index contributed by atoms with van der Waals surface area (Å²) in [5, 5.41) is 8.68. The lowest BCUT2D eigenvalue weighted by atomic mass is 10.3. The second-order valence-corrected chi connectivity index (χ2v) is 3.59. The molecule has 4 nitrogen and oxygen atoms in total. The molecule has 0 fully saturated rings. The lowest BCUT2D eigenvalue weighted by molar-refractivity contribution is 0.440. The molecular formula is C14H11N3O. The van der Waals surface area contributed by atoms with E-state index in [9.17, 15) is 0 Å². The van der Waals surface area contributed by atoms with E-state index in [0.717, 1.165) is 18.0 Å². The number of allylic oxidation sites excluding steroid dienone is 3. The molecule has 88 valence electrons. The highest BCUT2D eigenvalue weighted by Crippen LogP contribution is 2.38. The van der Waals surface area contributed by atoms with Gasteiger partial charge in [-0.25, -0.2) is 10.1 Å². The predicted octanol–water partition coefficient (Wildman–Crippen LogP) is 3.07. The Hall–Kier alpha value is -2.72. The fraction of sp³-hybridized carbons (Fsp3) is 0.143. The number of nitriles is 1. The summed E-state index contributed by atoms with van der Waals surface area (Å²) in [5.41, 5.74) is 1.04. The molecule has 1 heterocycles.